The molecular weight excluding hydrogens is 212 g/mol. The maximum atomic E-state index is 5.33. The molecule has 1 fully saturated rings. The first-order valence-corrected chi connectivity index (χ1v) is 7.10. The predicted molar refractivity (Wildman–Crippen MR) is 70.7 cm³/mol. The lowest BCUT2D eigenvalue weighted by molar-refractivity contribution is 0.0569. The SMILES string of the molecule is CCCCN1CCC(CN2CC=COC2)CC1. The Hall–Kier alpha value is -0.540. The highest BCUT2D eigenvalue weighted by molar-refractivity contribution is 4.83. The summed E-state index contributed by atoms with van der Waals surface area (Å²) < 4.78 is 5.33. The van der Waals surface area contributed by atoms with Gasteiger partial charge in [0, 0.05) is 13.1 Å². The zero-order valence-corrected chi connectivity index (χ0v) is 11.1. The van der Waals surface area contributed by atoms with Crippen LogP contribution in [0, 0.1) is 5.92 Å². The molecule has 0 aromatic rings. The molecule has 3 nitrogen and oxygen atoms in total. The monoisotopic (exact) mass is 238 g/mol. The van der Waals surface area contributed by atoms with E-state index in [0.717, 1.165) is 19.2 Å². The Morgan fingerprint density at radius 3 is 2.71 bits per heavy atom. The third-order valence-corrected chi connectivity index (χ3v) is 3.86. The van der Waals surface area contributed by atoms with E-state index in [1.807, 2.05) is 6.26 Å². The van der Waals surface area contributed by atoms with Gasteiger partial charge in [0.25, 0.3) is 0 Å². The molecule has 0 N–H and O–H groups in total. The first-order chi connectivity index (χ1) is 8.38. The topological polar surface area (TPSA) is 15.7 Å². The smallest absolute Gasteiger partial charge is 0.141 e. The van der Waals surface area contributed by atoms with E-state index in [1.165, 1.54) is 51.9 Å². The van der Waals surface area contributed by atoms with Gasteiger partial charge in [0.05, 0.1) is 6.26 Å². The van der Waals surface area contributed by atoms with Gasteiger partial charge in [-0.05, 0) is 50.9 Å². The van der Waals surface area contributed by atoms with E-state index in [0.29, 0.717) is 0 Å². The first-order valence-electron chi connectivity index (χ1n) is 7.10. The molecule has 0 aromatic carbocycles. The zero-order valence-electron chi connectivity index (χ0n) is 11.1. The number of rotatable bonds is 5. The van der Waals surface area contributed by atoms with Crippen LogP contribution in [0.3, 0.4) is 0 Å². The Morgan fingerprint density at radius 1 is 1.24 bits per heavy atom. The van der Waals surface area contributed by atoms with Gasteiger partial charge in [-0.2, -0.15) is 0 Å². The van der Waals surface area contributed by atoms with Crippen LogP contribution in [-0.4, -0.2) is 49.3 Å². The molecule has 1 saturated heterocycles. The first kappa shape index (κ1) is 12.9. The number of nitrogens with zero attached hydrogens (tertiary/aromatic N) is 2. The largest absolute Gasteiger partial charge is 0.486 e. The second-order valence-electron chi connectivity index (χ2n) is 5.34. The summed E-state index contributed by atoms with van der Waals surface area (Å²) in [6.07, 6.45) is 9.34. The van der Waals surface area contributed by atoms with Crippen molar-refractivity contribution in [2.75, 3.05) is 39.5 Å². The van der Waals surface area contributed by atoms with Crippen molar-refractivity contribution in [3.63, 3.8) is 0 Å². The van der Waals surface area contributed by atoms with Gasteiger partial charge in [-0.25, -0.2) is 0 Å². The van der Waals surface area contributed by atoms with Crippen molar-refractivity contribution in [2.24, 2.45) is 5.92 Å². The van der Waals surface area contributed by atoms with E-state index in [1.54, 1.807) is 0 Å². The van der Waals surface area contributed by atoms with Gasteiger partial charge >= 0.3 is 0 Å². The normalized spacial score (nSPS) is 23.8. The van der Waals surface area contributed by atoms with Crippen LogP contribution in [-0.2, 0) is 4.74 Å². The zero-order chi connectivity index (χ0) is 11.9. The fourth-order valence-corrected chi connectivity index (χ4v) is 2.73. The Bertz CT molecular complexity index is 234. The van der Waals surface area contributed by atoms with Gasteiger partial charge in [0.1, 0.15) is 6.73 Å². The highest BCUT2D eigenvalue weighted by atomic mass is 16.5. The van der Waals surface area contributed by atoms with Crippen molar-refractivity contribution in [1.29, 1.82) is 0 Å². The van der Waals surface area contributed by atoms with Crippen molar-refractivity contribution in [2.45, 2.75) is 32.6 Å². The highest BCUT2D eigenvalue weighted by Gasteiger charge is 2.21. The number of ether oxygens (including phenoxy) is 1. The predicted octanol–water partition coefficient (Wildman–Crippen LogP) is 2.30. The fourth-order valence-electron chi connectivity index (χ4n) is 2.73. The minimum Gasteiger partial charge on any atom is -0.486 e. The molecule has 0 spiro atoms. The van der Waals surface area contributed by atoms with Gasteiger partial charge in [0.2, 0.25) is 0 Å². The molecule has 0 saturated carbocycles. The molecule has 0 radical (unpaired) electrons. The Kier molecular flexibility index (Phi) is 5.33. The Balaban J connectivity index is 1.63. The summed E-state index contributed by atoms with van der Waals surface area (Å²) >= 11 is 0. The summed E-state index contributed by atoms with van der Waals surface area (Å²) in [7, 11) is 0. The molecule has 2 heterocycles. The third kappa shape index (κ3) is 4.32. The number of hydrogen-bond donors (Lipinski definition) is 0. The molecule has 0 amide bonds. The van der Waals surface area contributed by atoms with Crippen LogP contribution in [0.1, 0.15) is 32.6 Å². The molecule has 98 valence electrons. The van der Waals surface area contributed by atoms with E-state index in [2.05, 4.69) is 22.8 Å². The Labute approximate surface area is 105 Å². The average molecular weight is 238 g/mol. The lowest BCUT2D eigenvalue weighted by Crippen LogP contribution is -2.40. The fraction of sp³-hybridized carbons (Fsp3) is 0.857. The Morgan fingerprint density at radius 2 is 2.06 bits per heavy atom. The van der Waals surface area contributed by atoms with E-state index in [-0.39, 0.29) is 0 Å². The lowest BCUT2D eigenvalue weighted by Gasteiger charge is -2.35. The summed E-state index contributed by atoms with van der Waals surface area (Å²) in [6, 6.07) is 0. The summed E-state index contributed by atoms with van der Waals surface area (Å²) in [5.74, 6) is 0.878. The van der Waals surface area contributed by atoms with Crippen molar-refractivity contribution >= 4 is 0 Å². The highest BCUT2D eigenvalue weighted by Crippen LogP contribution is 2.19. The van der Waals surface area contributed by atoms with Crippen molar-refractivity contribution in [3.8, 4) is 0 Å². The van der Waals surface area contributed by atoms with Crippen LogP contribution in [0.2, 0.25) is 0 Å². The molecule has 2 aliphatic heterocycles. The number of hydrogen-bond acceptors (Lipinski definition) is 3. The third-order valence-electron chi connectivity index (χ3n) is 3.86. The quantitative estimate of drug-likeness (QED) is 0.731. The maximum absolute atomic E-state index is 5.33. The second kappa shape index (κ2) is 7.02. The lowest BCUT2D eigenvalue weighted by atomic mass is 9.96. The average Bonchev–Trinajstić information content (AvgIpc) is 2.39. The molecule has 2 rings (SSSR count). The summed E-state index contributed by atoms with van der Waals surface area (Å²) in [6.45, 7) is 9.24. The summed E-state index contributed by atoms with van der Waals surface area (Å²) in [4.78, 5) is 5.04. The molecule has 0 atom stereocenters. The molecule has 3 heteroatoms. The molecule has 0 bridgehead atoms. The van der Waals surface area contributed by atoms with Crippen LogP contribution < -0.4 is 0 Å². The van der Waals surface area contributed by atoms with E-state index in [9.17, 15) is 0 Å². The molecule has 2 aliphatic rings. The maximum Gasteiger partial charge on any atom is 0.141 e. The van der Waals surface area contributed by atoms with Gasteiger partial charge in [0.15, 0.2) is 0 Å². The minimum absolute atomic E-state index is 0.784. The van der Waals surface area contributed by atoms with Crippen LogP contribution in [0.4, 0.5) is 0 Å². The van der Waals surface area contributed by atoms with Gasteiger partial charge in [-0.15, -0.1) is 0 Å². The molecular formula is C14H26N2O. The van der Waals surface area contributed by atoms with Crippen LogP contribution in [0.25, 0.3) is 0 Å². The minimum atomic E-state index is 0.784. The van der Waals surface area contributed by atoms with E-state index >= 15 is 0 Å². The molecule has 17 heavy (non-hydrogen) atoms. The standard InChI is InChI=1S/C14H26N2O/c1-2-3-7-15-9-5-14(6-10-15)12-16-8-4-11-17-13-16/h4,11,14H,2-3,5-10,12-13H2,1H3. The number of likely N-dealkylation sites (tertiary alicyclic amines) is 1. The van der Waals surface area contributed by atoms with Crippen molar-refractivity contribution in [1.82, 2.24) is 9.80 Å². The van der Waals surface area contributed by atoms with E-state index < -0.39 is 0 Å². The van der Waals surface area contributed by atoms with Crippen molar-refractivity contribution < 1.29 is 4.74 Å². The summed E-state index contributed by atoms with van der Waals surface area (Å²) in [5.41, 5.74) is 0. The molecule has 0 aromatic heterocycles. The number of piperidine rings is 1. The van der Waals surface area contributed by atoms with E-state index in [4.69, 9.17) is 4.74 Å². The van der Waals surface area contributed by atoms with Crippen LogP contribution in [0.5, 0.6) is 0 Å². The van der Waals surface area contributed by atoms with Crippen LogP contribution in [0.15, 0.2) is 12.3 Å². The molecule has 0 aliphatic carbocycles. The summed E-state index contributed by atoms with van der Waals surface area (Å²) in [5, 5.41) is 0. The van der Waals surface area contributed by atoms with Crippen molar-refractivity contribution in [3.05, 3.63) is 12.3 Å². The van der Waals surface area contributed by atoms with Gasteiger partial charge < -0.3 is 9.64 Å². The van der Waals surface area contributed by atoms with Gasteiger partial charge in [-0.1, -0.05) is 13.3 Å². The second-order valence-corrected chi connectivity index (χ2v) is 5.34. The molecule has 0 unspecified atom stereocenters. The number of unbranched alkanes of at least 4 members (excludes halogenated alkanes) is 1. The van der Waals surface area contributed by atoms with Gasteiger partial charge in [-0.3, -0.25) is 4.90 Å². The van der Waals surface area contributed by atoms with Crippen LogP contribution >= 0.6 is 0 Å².